The van der Waals surface area contributed by atoms with Crippen LogP contribution in [0.5, 0.6) is 0 Å². The Bertz CT molecular complexity index is 1750. The molecule has 0 radical (unpaired) electrons. The normalized spacial score (nSPS) is 14.8. The van der Waals surface area contributed by atoms with Crippen LogP contribution in [0.4, 0.5) is 17.1 Å². The van der Waals surface area contributed by atoms with Gasteiger partial charge in [-0.25, -0.2) is 0 Å². The Kier molecular flexibility index (Phi) is 5.35. The molecule has 0 aromatic heterocycles. The van der Waals surface area contributed by atoms with E-state index in [-0.39, 0.29) is 10.8 Å². The van der Waals surface area contributed by atoms with E-state index in [1.165, 1.54) is 55.9 Å². The Hall–Kier alpha value is -4.54. The van der Waals surface area contributed by atoms with Gasteiger partial charge in [0.15, 0.2) is 0 Å². The molecule has 2 aliphatic rings. The van der Waals surface area contributed by atoms with Crippen LogP contribution in [0.2, 0.25) is 0 Å². The molecule has 5 aromatic carbocycles. The molecule has 0 N–H and O–H groups in total. The van der Waals surface area contributed by atoms with Gasteiger partial charge in [0.05, 0.1) is 0 Å². The van der Waals surface area contributed by atoms with Crippen LogP contribution in [0.25, 0.3) is 22.3 Å². The Morgan fingerprint density at radius 2 is 0.900 bits per heavy atom. The minimum Gasteiger partial charge on any atom is -0.310 e. The summed E-state index contributed by atoms with van der Waals surface area (Å²) in [6.07, 6.45) is 0. The molecular formula is C39H33N. The molecule has 1 heteroatoms. The molecule has 0 unspecified atom stereocenters. The van der Waals surface area contributed by atoms with Crippen molar-refractivity contribution >= 4 is 17.1 Å². The molecule has 0 bridgehead atoms. The lowest BCUT2D eigenvalue weighted by Crippen LogP contribution is -2.18. The van der Waals surface area contributed by atoms with Crippen LogP contribution in [0.3, 0.4) is 0 Å². The van der Waals surface area contributed by atoms with E-state index < -0.39 is 0 Å². The molecule has 0 fully saturated rings. The molecule has 1 nitrogen and oxygen atoms in total. The van der Waals surface area contributed by atoms with E-state index in [4.69, 9.17) is 0 Å². The Labute approximate surface area is 238 Å². The maximum Gasteiger partial charge on any atom is 0.0465 e. The van der Waals surface area contributed by atoms with E-state index in [9.17, 15) is 0 Å². The van der Waals surface area contributed by atoms with Crippen molar-refractivity contribution in [3.05, 3.63) is 137 Å². The van der Waals surface area contributed by atoms with E-state index in [0.29, 0.717) is 0 Å². The van der Waals surface area contributed by atoms with E-state index in [0.717, 1.165) is 11.3 Å². The number of rotatable bonds is 3. The smallest absolute Gasteiger partial charge is 0.0465 e. The van der Waals surface area contributed by atoms with E-state index in [2.05, 4.69) is 154 Å². The third-order valence-electron chi connectivity index (χ3n) is 9.05. The van der Waals surface area contributed by atoms with Crippen molar-refractivity contribution in [2.24, 2.45) is 0 Å². The van der Waals surface area contributed by atoms with Crippen LogP contribution in [-0.2, 0) is 10.8 Å². The fourth-order valence-electron chi connectivity index (χ4n) is 6.95. The van der Waals surface area contributed by atoms with Crippen molar-refractivity contribution in [3.8, 4) is 34.1 Å². The second-order valence-electron chi connectivity index (χ2n) is 12.1. The lowest BCUT2D eigenvalue weighted by Gasteiger charge is -2.29. The third kappa shape index (κ3) is 3.49. The molecule has 0 heterocycles. The number of nitrogens with zero attached hydrogens (tertiary/aromatic N) is 1. The van der Waals surface area contributed by atoms with Crippen molar-refractivity contribution in [1.29, 1.82) is 0 Å². The summed E-state index contributed by atoms with van der Waals surface area (Å²) in [4.78, 5) is 2.40. The van der Waals surface area contributed by atoms with Crippen molar-refractivity contribution < 1.29 is 0 Å². The van der Waals surface area contributed by atoms with Crippen LogP contribution in [0.1, 0.15) is 62.4 Å². The zero-order valence-electron chi connectivity index (χ0n) is 23.8. The summed E-state index contributed by atoms with van der Waals surface area (Å²) in [6.45, 7) is 11.3. The fourth-order valence-corrected chi connectivity index (χ4v) is 6.95. The maximum atomic E-state index is 3.19. The largest absolute Gasteiger partial charge is 0.310 e. The zero-order chi connectivity index (χ0) is 27.6. The predicted molar refractivity (Wildman–Crippen MR) is 169 cm³/mol. The Morgan fingerprint density at radius 3 is 1.38 bits per heavy atom. The number of hydrogen-bond donors (Lipinski definition) is 0. The summed E-state index contributed by atoms with van der Waals surface area (Å²) in [5.41, 5.74) is 15.3. The molecule has 0 amide bonds. The van der Waals surface area contributed by atoms with Crippen molar-refractivity contribution in [1.82, 2.24) is 0 Å². The Morgan fingerprint density at radius 1 is 0.475 bits per heavy atom. The van der Waals surface area contributed by atoms with Gasteiger partial charge in [0.1, 0.15) is 0 Å². The van der Waals surface area contributed by atoms with Crippen molar-refractivity contribution in [2.45, 2.75) is 45.4 Å². The summed E-state index contributed by atoms with van der Waals surface area (Å²) in [5, 5.41) is 0. The first-order valence-corrected chi connectivity index (χ1v) is 14.1. The number of hydrogen-bond acceptors (Lipinski definition) is 1. The first-order valence-electron chi connectivity index (χ1n) is 14.1. The van der Waals surface area contributed by atoms with Gasteiger partial charge in [-0.15, -0.1) is 5.92 Å². The minimum absolute atomic E-state index is 0.0598. The van der Waals surface area contributed by atoms with E-state index >= 15 is 0 Å². The second-order valence-corrected chi connectivity index (χ2v) is 12.1. The summed E-state index contributed by atoms with van der Waals surface area (Å²) >= 11 is 0. The second kappa shape index (κ2) is 8.73. The monoisotopic (exact) mass is 515 g/mol. The van der Waals surface area contributed by atoms with Crippen molar-refractivity contribution in [2.75, 3.05) is 4.90 Å². The Balaban J connectivity index is 1.41. The van der Waals surface area contributed by atoms with Gasteiger partial charge in [0, 0.05) is 33.5 Å². The van der Waals surface area contributed by atoms with Crippen molar-refractivity contribution in [3.63, 3.8) is 0 Å². The predicted octanol–water partition coefficient (Wildman–Crippen LogP) is 10.1. The third-order valence-corrected chi connectivity index (χ3v) is 9.05. The van der Waals surface area contributed by atoms with Gasteiger partial charge < -0.3 is 4.90 Å². The molecule has 0 spiro atoms. The van der Waals surface area contributed by atoms with Crippen LogP contribution in [0.15, 0.2) is 109 Å². The molecule has 2 aliphatic carbocycles. The first kappa shape index (κ1) is 24.5. The first-order chi connectivity index (χ1) is 19.3. The van der Waals surface area contributed by atoms with Gasteiger partial charge in [-0.05, 0) is 100.0 Å². The highest BCUT2D eigenvalue weighted by molar-refractivity contribution is 5.88. The van der Waals surface area contributed by atoms with Gasteiger partial charge >= 0.3 is 0 Å². The van der Waals surface area contributed by atoms with E-state index in [1.54, 1.807) is 0 Å². The highest BCUT2D eigenvalue weighted by Crippen LogP contribution is 2.52. The fraction of sp³-hybridized carbons (Fsp3) is 0.179. The van der Waals surface area contributed by atoms with Gasteiger partial charge in [0.2, 0.25) is 0 Å². The van der Waals surface area contributed by atoms with Gasteiger partial charge in [-0.3, -0.25) is 0 Å². The number of fused-ring (bicyclic) bond motifs is 6. The molecule has 0 saturated heterocycles. The molecule has 0 atom stereocenters. The molecule has 0 aliphatic heterocycles. The maximum absolute atomic E-state index is 3.19. The lowest BCUT2D eigenvalue weighted by atomic mass is 9.82. The lowest BCUT2D eigenvalue weighted by molar-refractivity contribution is 0.660. The highest BCUT2D eigenvalue weighted by Gasteiger charge is 2.37. The SMILES string of the molecule is CC#Cc1ccc(N(c2ccc3c(c2)C(C)(C)c2ccccc2-3)c2ccc3c(c2)C(C)(C)c2ccccc2-3)cc1. The average Bonchev–Trinajstić information content (AvgIpc) is 3.34. The summed E-state index contributed by atoms with van der Waals surface area (Å²) in [6, 6.07) is 40.3. The molecule has 40 heavy (non-hydrogen) atoms. The quantitative estimate of drug-likeness (QED) is 0.216. The molecule has 194 valence electrons. The number of anilines is 3. The zero-order valence-corrected chi connectivity index (χ0v) is 23.8. The summed E-state index contributed by atoms with van der Waals surface area (Å²) in [7, 11) is 0. The average molecular weight is 516 g/mol. The molecule has 0 saturated carbocycles. The number of benzene rings is 5. The summed E-state index contributed by atoms with van der Waals surface area (Å²) < 4.78 is 0. The van der Waals surface area contributed by atoms with Gasteiger partial charge in [-0.1, -0.05) is 94.3 Å². The standard InChI is InChI=1S/C39H33N/c1-6-11-26-16-18-27(19-17-26)40(28-20-22-32-30-12-7-9-14-34(30)38(2,3)36(32)24-28)29-21-23-33-31-13-8-10-15-35(31)39(4,5)37(33)25-29/h7-10,12-25H,1-5H3. The van der Waals surface area contributed by atoms with Crippen LogP contribution in [-0.4, -0.2) is 0 Å². The molecule has 7 rings (SSSR count). The van der Waals surface area contributed by atoms with Gasteiger partial charge in [-0.2, -0.15) is 0 Å². The van der Waals surface area contributed by atoms with Crippen LogP contribution < -0.4 is 4.90 Å². The van der Waals surface area contributed by atoms with Crippen LogP contribution in [0, 0.1) is 11.8 Å². The highest BCUT2D eigenvalue weighted by atomic mass is 15.1. The topological polar surface area (TPSA) is 3.24 Å². The van der Waals surface area contributed by atoms with E-state index in [1.807, 2.05) is 6.92 Å². The molecular weight excluding hydrogens is 482 g/mol. The molecule has 5 aromatic rings. The summed E-state index contributed by atoms with van der Waals surface area (Å²) in [5.74, 6) is 6.22. The van der Waals surface area contributed by atoms with Gasteiger partial charge in [0.25, 0.3) is 0 Å². The van der Waals surface area contributed by atoms with Crippen LogP contribution >= 0.6 is 0 Å². The minimum atomic E-state index is -0.0598.